The largest absolute Gasteiger partial charge is 0.507 e. The molecule has 2 aliphatic heterocycles. The van der Waals surface area contributed by atoms with Gasteiger partial charge in [0.05, 0.1) is 34.0 Å². The number of fused-ring (bicyclic) bond motifs is 2. The van der Waals surface area contributed by atoms with Crippen LogP contribution in [0.2, 0.25) is 0 Å². The lowest BCUT2D eigenvalue weighted by atomic mass is 9.74. The first-order chi connectivity index (χ1) is 17.0. The molecule has 3 aliphatic rings. The summed E-state index contributed by atoms with van der Waals surface area (Å²) in [5.41, 5.74) is 7.34. The predicted molar refractivity (Wildman–Crippen MR) is 129 cm³/mol. The van der Waals surface area contributed by atoms with Crippen molar-refractivity contribution in [3.05, 3.63) is 52.1 Å². The van der Waals surface area contributed by atoms with Gasteiger partial charge in [0, 0.05) is 52.5 Å². The van der Waals surface area contributed by atoms with Gasteiger partial charge in [-0.2, -0.15) is 0 Å². The SMILES string of the molecule is COc1cc([C@H]2COc3cc4c5c(c3[C@H]2O)CCc2c(OC)cc(O)c(c2-5)CN4)cc(OC)c1O. The van der Waals surface area contributed by atoms with Crippen molar-refractivity contribution in [1.82, 2.24) is 0 Å². The van der Waals surface area contributed by atoms with Crippen LogP contribution in [-0.2, 0) is 19.4 Å². The van der Waals surface area contributed by atoms with E-state index in [1.807, 2.05) is 6.07 Å². The number of phenolic OH excluding ortho intramolecular Hbond substituents is 2. The van der Waals surface area contributed by atoms with Gasteiger partial charge in [-0.05, 0) is 41.7 Å². The van der Waals surface area contributed by atoms with Crippen LogP contribution in [0.1, 0.15) is 39.8 Å². The average molecular weight is 478 g/mol. The third kappa shape index (κ3) is 3.02. The van der Waals surface area contributed by atoms with Crippen LogP contribution < -0.4 is 24.3 Å². The van der Waals surface area contributed by atoms with Gasteiger partial charge in [0.2, 0.25) is 5.75 Å². The number of rotatable bonds is 4. The molecule has 2 heterocycles. The van der Waals surface area contributed by atoms with Crippen molar-refractivity contribution in [2.75, 3.05) is 33.3 Å². The predicted octanol–water partition coefficient (Wildman–Crippen LogP) is 4.02. The molecule has 0 saturated heterocycles. The minimum atomic E-state index is -0.843. The molecule has 8 heteroatoms. The number of phenols is 2. The molecule has 0 amide bonds. The zero-order valence-electron chi connectivity index (χ0n) is 19.8. The van der Waals surface area contributed by atoms with Gasteiger partial charge in [-0.25, -0.2) is 0 Å². The van der Waals surface area contributed by atoms with Crippen molar-refractivity contribution in [1.29, 1.82) is 0 Å². The Balaban J connectivity index is 1.52. The van der Waals surface area contributed by atoms with Crippen LogP contribution in [0.15, 0.2) is 24.3 Å². The zero-order chi connectivity index (χ0) is 24.4. The number of aliphatic hydroxyl groups excluding tert-OH is 1. The van der Waals surface area contributed by atoms with Crippen LogP contribution >= 0.6 is 0 Å². The Hall–Kier alpha value is -3.78. The van der Waals surface area contributed by atoms with E-state index in [2.05, 4.69) is 5.32 Å². The second-order valence-corrected chi connectivity index (χ2v) is 9.11. The summed E-state index contributed by atoms with van der Waals surface area (Å²) in [6.07, 6.45) is 0.590. The van der Waals surface area contributed by atoms with Crippen molar-refractivity contribution in [3.8, 4) is 45.6 Å². The van der Waals surface area contributed by atoms with E-state index in [1.54, 1.807) is 25.3 Å². The number of hydrogen-bond acceptors (Lipinski definition) is 8. The minimum Gasteiger partial charge on any atom is -0.507 e. The fraction of sp³-hybridized carbons (Fsp3) is 0.333. The molecule has 3 aromatic rings. The summed E-state index contributed by atoms with van der Waals surface area (Å²) >= 11 is 0. The molecule has 1 aliphatic carbocycles. The lowest BCUT2D eigenvalue weighted by Gasteiger charge is -2.38. The van der Waals surface area contributed by atoms with Crippen molar-refractivity contribution >= 4 is 5.69 Å². The van der Waals surface area contributed by atoms with Crippen LogP contribution in [0.4, 0.5) is 5.69 Å². The number of ether oxygens (including phenoxy) is 4. The third-order valence-electron chi connectivity index (χ3n) is 7.49. The second kappa shape index (κ2) is 7.88. The Bertz CT molecular complexity index is 1340. The Kier molecular flexibility index (Phi) is 4.89. The molecule has 0 aromatic heterocycles. The lowest BCUT2D eigenvalue weighted by Crippen LogP contribution is -2.28. The molecule has 8 nitrogen and oxygen atoms in total. The van der Waals surface area contributed by atoms with Crippen LogP contribution in [0.3, 0.4) is 0 Å². The van der Waals surface area contributed by atoms with Gasteiger partial charge in [-0.3, -0.25) is 0 Å². The Morgan fingerprint density at radius 2 is 1.54 bits per heavy atom. The first-order valence-electron chi connectivity index (χ1n) is 11.6. The first-order valence-corrected chi connectivity index (χ1v) is 11.6. The van der Waals surface area contributed by atoms with E-state index >= 15 is 0 Å². The molecule has 0 saturated carbocycles. The lowest BCUT2D eigenvalue weighted by molar-refractivity contribution is 0.0878. The number of aromatic hydroxyl groups is 2. The highest BCUT2D eigenvalue weighted by Crippen LogP contribution is 2.55. The van der Waals surface area contributed by atoms with Crippen molar-refractivity contribution < 1.29 is 34.3 Å². The molecule has 2 atom stereocenters. The van der Waals surface area contributed by atoms with Gasteiger partial charge in [-0.15, -0.1) is 0 Å². The number of hydrogen-bond donors (Lipinski definition) is 4. The fourth-order valence-electron chi connectivity index (χ4n) is 5.81. The molecular weight excluding hydrogens is 450 g/mol. The van der Waals surface area contributed by atoms with Crippen LogP contribution in [0, 0.1) is 0 Å². The second-order valence-electron chi connectivity index (χ2n) is 9.11. The molecule has 0 bridgehead atoms. The van der Waals surface area contributed by atoms with E-state index in [9.17, 15) is 15.3 Å². The maximum absolute atomic E-state index is 11.7. The van der Waals surface area contributed by atoms with Gasteiger partial charge < -0.3 is 39.6 Å². The van der Waals surface area contributed by atoms with Crippen molar-refractivity contribution in [2.45, 2.75) is 31.4 Å². The zero-order valence-corrected chi connectivity index (χ0v) is 19.8. The molecule has 4 N–H and O–H groups in total. The summed E-state index contributed by atoms with van der Waals surface area (Å²) in [5.74, 6) is 1.60. The number of methoxy groups -OCH3 is 3. The summed E-state index contributed by atoms with van der Waals surface area (Å²) in [5, 5.41) is 36.1. The van der Waals surface area contributed by atoms with E-state index in [4.69, 9.17) is 18.9 Å². The Morgan fingerprint density at radius 1 is 0.857 bits per heavy atom. The summed E-state index contributed by atoms with van der Waals surface area (Å²) in [7, 11) is 4.57. The van der Waals surface area contributed by atoms with Gasteiger partial charge in [0.25, 0.3) is 0 Å². The molecule has 0 unspecified atom stereocenters. The summed E-state index contributed by atoms with van der Waals surface area (Å²) in [4.78, 5) is 0. The molecule has 0 fully saturated rings. The standard InChI is InChI=1S/C27H27NO7/c1-32-19-9-18(29)15-10-28-17-8-20-25(14-5-4-13(19)23(15)24(14)17)26(30)16(11-35-20)12-6-21(33-2)27(31)22(7-12)34-3/h6-9,16,26,28-31H,4-5,10-11H2,1-3H3/t16-,26+/m1/s1. The summed E-state index contributed by atoms with van der Waals surface area (Å²) in [6, 6.07) is 7.05. The van der Waals surface area contributed by atoms with E-state index in [-0.39, 0.29) is 29.6 Å². The fourth-order valence-corrected chi connectivity index (χ4v) is 5.81. The maximum Gasteiger partial charge on any atom is 0.200 e. The van der Waals surface area contributed by atoms with Gasteiger partial charge in [0.15, 0.2) is 11.5 Å². The number of benzene rings is 3. The minimum absolute atomic E-state index is 0.0847. The number of anilines is 1. The van der Waals surface area contributed by atoms with Gasteiger partial charge in [0.1, 0.15) is 17.2 Å². The van der Waals surface area contributed by atoms with Crippen LogP contribution in [0.25, 0.3) is 11.1 Å². The van der Waals surface area contributed by atoms with Crippen molar-refractivity contribution in [3.63, 3.8) is 0 Å². The molecule has 3 aromatic carbocycles. The molecule has 182 valence electrons. The van der Waals surface area contributed by atoms with E-state index in [0.29, 0.717) is 24.5 Å². The third-order valence-corrected chi connectivity index (χ3v) is 7.49. The molecular formula is C27H27NO7. The summed E-state index contributed by atoms with van der Waals surface area (Å²) < 4.78 is 22.4. The van der Waals surface area contributed by atoms with Crippen molar-refractivity contribution in [2.24, 2.45) is 0 Å². The smallest absolute Gasteiger partial charge is 0.200 e. The van der Waals surface area contributed by atoms with E-state index in [1.165, 1.54) is 14.2 Å². The number of aliphatic hydroxyl groups is 1. The Labute approximate surface area is 202 Å². The topological polar surface area (TPSA) is 110 Å². The number of nitrogens with one attached hydrogen (secondary N) is 1. The molecule has 6 rings (SSSR count). The highest BCUT2D eigenvalue weighted by atomic mass is 16.5. The first kappa shape index (κ1) is 21.7. The van der Waals surface area contributed by atoms with Gasteiger partial charge in [-0.1, -0.05) is 0 Å². The maximum atomic E-state index is 11.7. The molecule has 35 heavy (non-hydrogen) atoms. The monoisotopic (exact) mass is 477 g/mol. The highest BCUT2D eigenvalue weighted by Gasteiger charge is 2.39. The van der Waals surface area contributed by atoms with E-state index in [0.717, 1.165) is 51.1 Å². The molecule has 0 spiro atoms. The average Bonchev–Trinajstić information content (AvgIpc) is 2.88. The van der Waals surface area contributed by atoms with Crippen LogP contribution in [0.5, 0.6) is 34.5 Å². The van der Waals surface area contributed by atoms with E-state index < -0.39 is 12.0 Å². The van der Waals surface area contributed by atoms with Gasteiger partial charge >= 0.3 is 0 Å². The molecule has 0 radical (unpaired) electrons. The normalized spacial score (nSPS) is 19.1. The quantitative estimate of drug-likeness (QED) is 0.446. The van der Waals surface area contributed by atoms with Crippen LogP contribution in [-0.4, -0.2) is 43.3 Å². The Morgan fingerprint density at radius 3 is 2.23 bits per heavy atom. The summed E-state index contributed by atoms with van der Waals surface area (Å²) in [6.45, 7) is 0.765. The highest BCUT2D eigenvalue weighted by molar-refractivity contribution is 5.93.